The standard InChI is InChI=1S/C11H11BrFN5O3/c12-5(13)1-4-7(19)8(20)11(21-4)18-3-17-6-9(14)15-2-16-10(6)18/h1-4,7-8,11,19-20H,(H2,14,15,16)/b5-1+. The summed E-state index contributed by atoms with van der Waals surface area (Å²) in [6.45, 7) is 0. The number of nitrogen functional groups attached to an aromatic ring is 1. The number of nitrogens with two attached hydrogens (primary N) is 1. The van der Waals surface area contributed by atoms with Crippen LogP contribution in [0.5, 0.6) is 0 Å². The van der Waals surface area contributed by atoms with Gasteiger partial charge in [0.1, 0.15) is 30.2 Å². The molecule has 1 aliphatic rings. The molecule has 112 valence electrons. The predicted molar refractivity (Wildman–Crippen MR) is 73.8 cm³/mol. The maximum absolute atomic E-state index is 12.9. The Bertz CT molecular complexity index is 704. The Morgan fingerprint density at radius 3 is 2.86 bits per heavy atom. The van der Waals surface area contributed by atoms with Gasteiger partial charge in [-0.3, -0.25) is 4.57 Å². The van der Waals surface area contributed by atoms with Crippen molar-refractivity contribution in [2.24, 2.45) is 0 Å². The minimum Gasteiger partial charge on any atom is -0.387 e. The lowest BCUT2D eigenvalue weighted by Gasteiger charge is -2.16. The van der Waals surface area contributed by atoms with Crippen molar-refractivity contribution in [3.8, 4) is 0 Å². The van der Waals surface area contributed by atoms with E-state index in [9.17, 15) is 14.6 Å². The van der Waals surface area contributed by atoms with Crippen molar-refractivity contribution in [3.05, 3.63) is 23.5 Å². The molecule has 3 heterocycles. The molecular weight excluding hydrogens is 349 g/mol. The van der Waals surface area contributed by atoms with E-state index in [-0.39, 0.29) is 5.82 Å². The van der Waals surface area contributed by atoms with Gasteiger partial charge < -0.3 is 20.7 Å². The lowest BCUT2D eigenvalue weighted by Crippen LogP contribution is -2.30. The van der Waals surface area contributed by atoms with Gasteiger partial charge in [-0.05, 0) is 22.0 Å². The van der Waals surface area contributed by atoms with E-state index in [1.807, 2.05) is 0 Å². The first-order valence-electron chi connectivity index (χ1n) is 5.96. The molecule has 8 nitrogen and oxygen atoms in total. The smallest absolute Gasteiger partial charge is 0.167 e. The highest BCUT2D eigenvalue weighted by Crippen LogP contribution is 2.33. The van der Waals surface area contributed by atoms with Crippen LogP contribution in [0.2, 0.25) is 0 Å². The number of aliphatic hydroxyl groups is 2. The molecular formula is C11H11BrFN5O3. The number of aromatic nitrogens is 4. The highest BCUT2D eigenvalue weighted by atomic mass is 79.9. The third-order valence-corrected chi connectivity index (χ3v) is 3.49. The van der Waals surface area contributed by atoms with Gasteiger partial charge in [-0.1, -0.05) is 0 Å². The van der Waals surface area contributed by atoms with Crippen molar-refractivity contribution in [1.82, 2.24) is 19.5 Å². The summed E-state index contributed by atoms with van der Waals surface area (Å²) < 4.78 is 19.1. The Morgan fingerprint density at radius 2 is 2.14 bits per heavy atom. The molecule has 4 N–H and O–H groups in total. The van der Waals surface area contributed by atoms with Gasteiger partial charge in [-0.25, -0.2) is 15.0 Å². The molecule has 0 radical (unpaired) electrons. The van der Waals surface area contributed by atoms with Gasteiger partial charge in [0.2, 0.25) is 0 Å². The van der Waals surface area contributed by atoms with Crippen LogP contribution in [0.1, 0.15) is 6.23 Å². The molecule has 0 aromatic carbocycles. The lowest BCUT2D eigenvalue weighted by atomic mass is 10.1. The van der Waals surface area contributed by atoms with E-state index in [4.69, 9.17) is 10.5 Å². The third-order valence-electron chi connectivity index (χ3n) is 3.23. The highest BCUT2D eigenvalue weighted by molar-refractivity contribution is 9.11. The fourth-order valence-corrected chi connectivity index (χ4v) is 2.49. The average Bonchev–Trinajstić information content (AvgIpc) is 2.96. The van der Waals surface area contributed by atoms with Crippen molar-refractivity contribution in [3.63, 3.8) is 0 Å². The molecule has 4 atom stereocenters. The van der Waals surface area contributed by atoms with Crippen molar-refractivity contribution in [2.75, 3.05) is 5.73 Å². The second-order valence-electron chi connectivity index (χ2n) is 4.51. The molecule has 0 bridgehead atoms. The van der Waals surface area contributed by atoms with Gasteiger partial charge in [0.15, 0.2) is 22.4 Å². The minimum atomic E-state index is -1.28. The van der Waals surface area contributed by atoms with Gasteiger partial charge in [-0.2, -0.15) is 4.39 Å². The third kappa shape index (κ3) is 2.39. The molecule has 1 saturated heterocycles. The van der Waals surface area contributed by atoms with Gasteiger partial charge >= 0.3 is 0 Å². The number of rotatable bonds is 2. The van der Waals surface area contributed by atoms with Crippen molar-refractivity contribution >= 4 is 32.9 Å². The molecule has 0 amide bonds. The molecule has 0 saturated carbocycles. The highest BCUT2D eigenvalue weighted by Gasteiger charge is 2.43. The van der Waals surface area contributed by atoms with Gasteiger partial charge in [0.25, 0.3) is 0 Å². The summed E-state index contributed by atoms with van der Waals surface area (Å²) in [6, 6.07) is 0. The van der Waals surface area contributed by atoms with Crippen LogP contribution in [-0.2, 0) is 4.74 Å². The largest absolute Gasteiger partial charge is 0.387 e. The molecule has 21 heavy (non-hydrogen) atoms. The number of imidazole rings is 1. The van der Waals surface area contributed by atoms with Gasteiger partial charge in [0.05, 0.1) is 6.33 Å². The summed E-state index contributed by atoms with van der Waals surface area (Å²) in [6.07, 6.45) is -0.873. The number of halogens is 2. The summed E-state index contributed by atoms with van der Waals surface area (Å²) in [5.74, 6) is 0.190. The monoisotopic (exact) mass is 359 g/mol. The number of aliphatic hydroxyl groups excluding tert-OH is 2. The van der Waals surface area contributed by atoms with E-state index in [1.54, 1.807) is 0 Å². The summed E-state index contributed by atoms with van der Waals surface area (Å²) in [5, 5.41) is 20.0. The Balaban J connectivity index is 2.00. The maximum Gasteiger partial charge on any atom is 0.167 e. The second kappa shape index (κ2) is 5.30. The molecule has 2 aromatic rings. The zero-order chi connectivity index (χ0) is 15.1. The fourth-order valence-electron chi connectivity index (χ4n) is 2.23. The van der Waals surface area contributed by atoms with Crippen LogP contribution >= 0.6 is 15.9 Å². The maximum atomic E-state index is 12.9. The van der Waals surface area contributed by atoms with Crippen molar-refractivity contribution < 1.29 is 19.3 Å². The van der Waals surface area contributed by atoms with E-state index < -0.39 is 29.3 Å². The zero-order valence-corrected chi connectivity index (χ0v) is 12.1. The Morgan fingerprint density at radius 1 is 1.38 bits per heavy atom. The summed E-state index contributed by atoms with van der Waals surface area (Å²) in [7, 11) is 0. The first-order valence-corrected chi connectivity index (χ1v) is 6.75. The van der Waals surface area contributed by atoms with Crippen LogP contribution in [0.3, 0.4) is 0 Å². The van der Waals surface area contributed by atoms with E-state index in [2.05, 4.69) is 30.9 Å². The van der Waals surface area contributed by atoms with Crippen LogP contribution < -0.4 is 5.73 Å². The quantitative estimate of drug-likeness (QED) is 0.702. The van der Waals surface area contributed by atoms with E-state index in [1.165, 1.54) is 17.2 Å². The molecule has 4 unspecified atom stereocenters. The number of hydrogen-bond donors (Lipinski definition) is 3. The number of hydrogen-bond acceptors (Lipinski definition) is 7. The number of anilines is 1. The van der Waals surface area contributed by atoms with Crippen LogP contribution in [0.4, 0.5) is 10.2 Å². The topological polar surface area (TPSA) is 119 Å². The molecule has 0 spiro atoms. The number of ether oxygens (including phenoxy) is 1. The van der Waals surface area contributed by atoms with Crippen LogP contribution in [0.25, 0.3) is 11.2 Å². The summed E-state index contributed by atoms with van der Waals surface area (Å²) >= 11 is 2.62. The molecule has 0 aliphatic carbocycles. The first kappa shape index (κ1) is 14.3. The number of nitrogens with zero attached hydrogens (tertiary/aromatic N) is 4. The molecule has 1 aliphatic heterocycles. The molecule has 1 fully saturated rings. The van der Waals surface area contributed by atoms with Gasteiger partial charge in [-0.15, -0.1) is 0 Å². The van der Waals surface area contributed by atoms with Crippen LogP contribution in [0.15, 0.2) is 23.5 Å². The molecule has 2 aromatic heterocycles. The van der Waals surface area contributed by atoms with Crippen LogP contribution in [0, 0.1) is 0 Å². The summed E-state index contributed by atoms with van der Waals surface area (Å²) in [5.41, 5.74) is 6.38. The molecule has 10 heteroatoms. The second-order valence-corrected chi connectivity index (χ2v) is 5.27. The Labute approximate surface area is 126 Å². The normalized spacial score (nSPS) is 30.2. The van der Waals surface area contributed by atoms with Gasteiger partial charge in [0, 0.05) is 0 Å². The minimum absolute atomic E-state index is 0.190. The average molecular weight is 360 g/mol. The fraction of sp³-hybridized carbons (Fsp3) is 0.364. The first-order chi connectivity index (χ1) is 9.99. The van der Waals surface area contributed by atoms with E-state index in [0.717, 1.165) is 6.08 Å². The Kier molecular flexibility index (Phi) is 3.61. The van der Waals surface area contributed by atoms with Crippen molar-refractivity contribution in [1.29, 1.82) is 0 Å². The van der Waals surface area contributed by atoms with E-state index >= 15 is 0 Å². The van der Waals surface area contributed by atoms with E-state index in [0.29, 0.717) is 11.2 Å². The lowest BCUT2D eigenvalue weighted by molar-refractivity contribution is -0.0246. The molecule has 3 rings (SSSR count). The predicted octanol–water partition coefficient (Wildman–Crippen LogP) is 0.233. The Hall–Kier alpha value is -1.62. The zero-order valence-electron chi connectivity index (χ0n) is 10.5. The SMILES string of the molecule is Nc1ncnc2c1ncn2C1OC(/C=C(/F)Br)C(O)C1O. The number of fused-ring (bicyclic) bond motifs is 1. The van der Waals surface area contributed by atoms with Crippen LogP contribution in [-0.4, -0.2) is 48.0 Å². The summed E-state index contributed by atoms with van der Waals surface area (Å²) in [4.78, 5) is 11.9. The van der Waals surface area contributed by atoms with Crippen molar-refractivity contribution in [2.45, 2.75) is 24.5 Å².